The molecule has 0 radical (unpaired) electrons. The van der Waals surface area contributed by atoms with Gasteiger partial charge >= 0.3 is 0 Å². The number of rotatable bonds is 6. The van der Waals surface area contributed by atoms with Crippen LogP contribution in [-0.4, -0.2) is 72.4 Å². The number of aliphatic hydroxyl groups is 1. The van der Waals surface area contributed by atoms with Crippen LogP contribution in [0.5, 0.6) is 0 Å². The minimum atomic E-state index is 0.277. The van der Waals surface area contributed by atoms with E-state index in [1.165, 1.54) is 51.9 Å². The van der Waals surface area contributed by atoms with Crippen LogP contribution in [0, 0.1) is 0 Å². The van der Waals surface area contributed by atoms with Crippen molar-refractivity contribution in [2.24, 2.45) is 0 Å². The summed E-state index contributed by atoms with van der Waals surface area (Å²) in [6, 6.07) is 1.89. The molecule has 1 heterocycles. The highest BCUT2D eigenvalue weighted by atomic mass is 16.3. The molecule has 3 fully saturated rings. The van der Waals surface area contributed by atoms with Crippen molar-refractivity contribution in [1.29, 1.82) is 0 Å². The Morgan fingerprint density at radius 1 is 1.06 bits per heavy atom. The van der Waals surface area contributed by atoms with E-state index in [-0.39, 0.29) is 12.6 Å². The summed E-state index contributed by atoms with van der Waals surface area (Å²) in [7, 11) is 0. The third-order valence-corrected chi connectivity index (χ3v) is 4.22. The van der Waals surface area contributed by atoms with E-state index in [1.54, 1.807) is 0 Å². The van der Waals surface area contributed by atoms with Crippen LogP contribution in [0.4, 0.5) is 0 Å². The van der Waals surface area contributed by atoms with Gasteiger partial charge in [0.1, 0.15) is 0 Å². The second-order valence-electron chi connectivity index (χ2n) is 5.89. The second-order valence-corrected chi connectivity index (χ2v) is 5.89. The average molecular weight is 239 g/mol. The predicted molar refractivity (Wildman–Crippen MR) is 68.1 cm³/mol. The fourth-order valence-electron chi connectivity index (χ4n) is 2.81. The Labute approximate surface area is 104 Å². The molecule has 1 aliphatic heterocycles. The van der Waals surface area contributed by atoms with Gasteiger partial charge in [-0.3, -0.25) is 9.80 Å². The lowest BCUT2D eigenvalue weighted by atomic mass is 10.2. The summed E-state index contributed by atoms with van der Waals surface area (Å²) in [4.78, 5) is 5.15. The number of nitrogens with zero attached hydrogens (tertiary/aromatic N) is 2. The third kappa shape index (κ3) is 3.41. The molecule has 4 nitrogen and oxygen atoms in total. The van der Waals surface area contributed by atoms with Gasteiger partial charge in [-0.25, -0.2) is 0 Å². The van der Waals surface area contributed by atoms with Crippen LogP contribution in [0.15, 0.2) is 0 Å². The Kier molecular flexibility index (Phi) is 3.66. The Morgan fingerprint density at radius 2 is 1.76 bits per heavy atom. The van der Waals surface area contributed by atoms with Crippen molar-refractivity contribution in [2.45, 2.75) is 43.8 Å². The standard InChI is InChI=1S/C13H25N3O/c17-10-12(14-11-1-2-11)9-15-5-7-16(8-6-15)13-3-4-13/h11-14,17H,1-10H2. The lowest BCUT2D eigenvalue weighted by Crippen LogP contribution is -2.52. The number of piperazine rings is 1. The zero-order valence-electron chi connectivity index (χ0n) is 10.6. The Morgan fingerprint density at radius 3 is 2.29 bits per heavy atom. The lowest BCUT2D eigenvalue weighted by Gasteiger charge is -2.36. The lowest BCUT2D eigenvalue weighted by molar-refractivity contribution is 0.105. The van der Waals surface area contributed by atoms with E-state index in [1.807, 2.05) is 0 Å². The van der Waals surface area contributed by atoms with Crippen molar-refractivity contribution in [2.75, 3.05) is 39.3 Å². The maximum atomic E-state index is 9.38. The quantitative estimate of drug-likeness (QED) is 0.678. The molecule has 17 heavy (non-hydrogen) atoms. The fourth-order valence-corrected chi connectivity index (χ4v) is 2.81. The zero-order chi connectivity index (χ0) is 11.7. The van der Waals surface area contributed by atoms with Gasteiger partial charge in [0, 0.05) is 50.8 Å². The van der Waals surface area contributed by atoms with E-state index in [9.17, 15) is 5.11 Å². The van der Waals surface area contributed by atoms with Gasteiger partial charge in [-0.1, -0.05) is 0 Å². The van der Waals surface area contributed by atoms with E-state index in [2.05, 4.69) is 15.1 Å². The minimum Gasteiger partial charge on any atom is -0.395 e. The molecule has 2 aliphatic carbocycles. The van der Waals surface area contributed by atoms with Gasteiger partial charge in [-0.15, -0.1) is 0 Å². The molecule has 0 aromatic rings. The van der Waals surface area contributed by atoms with Crippen LogP contribution in [0.25, 0.3) is 0 Å². The van der Waals surface area contributed by atoms with Gasteiger partial charge in [0.2, 0.25) is 0 Å². The molecular formula is C13H25N3O. The monoisotopic (exact) mass is 239 g/mol. The molecular weight excluding hydrogens is 214 g/mol. The van der Waals surface area contributed by atoms with Crippen molar-refractivity contribution < 1.29 is 5.11 Å². The van der Waals surface area contributed by atoms with E-state index < -0.39 is 0 Å². The maximum absolute atomic E-state index is 9.38. The van der Waals surface area contributed by atoms with Crippen LogP contribution >= 0.6 is 0 Å². The van der Waals surface area contributed by atoms with Gasteiger partial charge in [0.05, 0.1) is 6.61 Å². The molecule has 4 heteroatoms. The molecule has 1 unspecified atom stereocenters. The largest absolute Gasteiger partial charge is 0.395 e. The first-order chi connectivity index (χ1) is 8.35. The maximum Gasteiger partial charge on any atom is 0.0597 e. The SMILES string of the molecule is OCC(CN1CCN(C2CC2)CC1)NC1CC1. The highest BCUT2D eigenvalue weighted by Crippen LogP contribution is 2.27. The van der Waals surface area contributed by atoms with Crippen molar-refractivity contribution in [3.05, 3.63) is 0 Å². The van der Waals surface area contributed by atoms with Crippen molar-refractivity contribution in [3.63, 3.8) is 0 Å². The molecule has 0 bridgehead atoms. The van der Waals surface area contributed by atoms with Crippen molar-refractivity contribution in [1.82, 2.24) is 15.1 Å². The molecule has 1 atom stereocenters. The summed E-state index contributed by atoms with van der Waals surface area (Å²) in [5, 5.41) is 12.9. The molecule has 3 aliphatic rings. The average Bonchev–Trinajstić information content (AvgIpc) is 3.22. The predicted octanol–water partition coefficient (Wildman–Crippen LogP) is -0.121. The highest BCUT2D eigenvalue weighted by molar-refractivity contribution is 4.89. The fraction of sp³-hybridized carbons (Fsp3) is 1.00. The minimum absolute atomic E-state index is 0.277. The number of nitrogens with one attached hydrogen (secondary N) is 1. The molecule has 2 saturated carbocycles. The molecule has 0 spiro atoms. The van der Waals surface area contributed by atoms with Gasteiger partial charge < -0.3 is 10.4 Å². The topological polar surface area (TPSA) is 38.7 Å². The number of hydrogen-bond donors (Lipinski definition) is 2. The van der Waals surface area contributed by atoms with Crippen LogP contribution in [-0.2, 0) is 0 Å². The van der Waals surface area contributed by atoms with Crippen LogP contribution < -0.4 is 5.32 Å². The van der Waals surface area contributed by atoms with Gasteiger partial charge in [-0.2, -0.15) is 0 Å². The molecule has 0 amide bonds. The van der Waals surface area contributed by atoms with Crippen LogP contribution in [0.2, 0.25) is 0 Å². The summed E-state index contributed by atoms with van der Waals surface area (Å²) in [6.45, 7) is 6.11. The smallest absolute Gasteiger partial charge is 0.0597 e. The van der Waals surface area contributed by atoms with E-state index in [0.29, 0.717) is 6.04 Å². The first kappa shape index (κ1) is 11.9. The molecule has 0 aromatic carbocycles. The van der Waals surface area contributed by atoms with Gasteiger partial charge in [-0.05, 0) is 25.7 Å². The van der Waals surface area contributed by atoms with Crippen LogP contribution in [0.3, 0.4) is 0 Å². The third-order valence-electron chi connectivity index (χ3n) is 4.22. The summed E-state index contributed by atoms with van der Waals surface area (Å²) < 4.78 is 0. The van der Waals surface area contributed by atoms with E-state index in [0.717, 1.165) is 12.6 Å². The number of hydrogen-bond acceptors (Lipinski definition) is 4. The Bertz CT molecular complexity index is 245. The molecule has 98 valence electrons. The molecule has 3 rings (SSSR count). The first-order valence-electron chi connectivity index (χ1n) is 7.18. The summed E-state index contributed by atoms with van der Waals surface area (Å²) in [5.41, 5.74) is 0. The summed E-state index contributed by atoms with van der Waals surface area (Å²) in [6.07, 6.45) is 5.43. The van der Waals surface area contributed by atoms with Crippen molar-refractivity contribution in [3.8, 4) is 0 Å². The summed E-state index contributed by atoms with van der Waals surface area (Å²) in [5.74, 6) is 0. The zero-order valence-corrected chi connectivity index (χ0v) is 10.6. The molecule has 2 N–H and O–H groups in total. The highest BCUT2D eigenvalue weighted by Gasteiger charge is 2.32. The number of aliphatic hydroxyl groups excluding tert-OH is 1. The second kappa shape index (κ2) is 5.22. The normalized spacial score (nSPS) is 29.5. The molecule has 1 saturated heterocycles. The Hall–Kier alpha value is -0.160. The van der Waals surface area contributed by atoms with Crippen LogP contribution in [0.1, 0.15) is 25.7 Å². The summed E-state index contributed by atoms with van der Waals surface area (Å²) >= 11 is 0. The van der Waals surface area contributed by atoms with Gasteiger partial charge in [0.25, 0.3) is 0 Å². The van der Waals surface area contributed by atoms with E-state index >= 15 is 0 Å². The Balaban J connectivity index is 1.38. The molecule has 0 aromatic heterocycles. The van der Waals surface area contributed by atoms with E-state index in [4.69, 9.17) is 0 Å². The first-order valence-corrected chi connectivity index (χ1v) is 7.18. The van der Waals surface area contributed by atoms with Crippen molar-refractivity contribution >= 4 is 0 Å². The van der Waals surface area contributed by atoms with Gasteiger partial charge in [0.15, 0.2) is 0 Å².